The lowest BCUT2D eigenvalue weighted by molar-refractivity contribution is 0.402. The Morgan fingerprint density at radius 2 is 2.28 bits per heavy atom. The molecule has 0 saturated heterocycles. The first kappa shape index (κ1) is 14.0. The summed E-state index contributed by atoms with van der Waals surface area (Å²) in [6.07, 6.45) is 2.36. The largest absolute Gasteiger partial charge is 0.313 e. The Labute approximate surface area is 113 Å². The van der Waals surface area contributed by atoms with E-state index >= 15 is 0 Å². The molecule has 1 fully saturated rings. The van der Waals surface area contributed by atoms with E-state index in [0.29, 0.717) is 12.6 Å². The Bertz CT molecular complexity index is 466. The highest BCUT2D eigenvalue weighted by atomic mass is 32.2. The van der Waals surface area contributed by atoms with Crippen LogP contribution in [0.4, 0.5) is 0 Å². The standard InChI is InChI=1S/C12H20N2O2S2/c1-10(12-4-3-8-17-12)14(2)18(15,16)9-7-13-11-5-6-11/h3-4,8,10-11,13H,5-7,9H2,1-2H3. The van der Waals surface area contributed by atoms with Gasteiger partial charge >= 0.3 is 0 Å². The molecular weight excluding hydrogens is 268 g/mol. The summed E-state index contributed by atoms with van der Waals surface area (Å²) in [6, 6.07) is 4.39. The maximum absolute atomic E-state index is 12.2. The first-order valence-electron chi connectivity index (χ1n) is 6.23. The van der Waals surface area contributed by atoms with Gasteiger partial charge in [-0.2, -0.15) is 4.31 Å². The number of hydrogen-bond donors (Lipinski definition) is 1. The lowest BCUT2D eigenvalue weighted by Crippen LogP contribution is -2.35. The molecule has 2 rings (SSSR count). The van der Waals surface area contributed by atoms with Gasteiger partial charge in [-0.3, -0.25) is 0 Å². The Morgan fingerprint density at radius 1 is 1.56 bits per heavy atom. The van der Waals surface area contributed by atoms with Gasteiger partial charge in [0.25, 0.3) is 0 Å². The fourth-order valence-corrected chi connectivity index (χ4v) is 3.92. The van der Waals surface area contributed by atoms with Gasteiger partial charge in [0.1, 0.15) is 0 Å². The second-order valence-electron chi connectivity index (χ2n) is 4.75. The molecule has 1 heterocycles. The third-order valence-electron chi connectivity index (χ3n) is 3.31. The molecule has 6 heteroatoms. The van der Waals surface area contributed by atoms with E-state index in [1.54, 1.807) is 18.4 Å². The van der Waals surface area contributed by atoms with E-state index in [2.05, 4.69) is 5.32 Å². The highest BCUT2D eigenvalue weighted by Gasteiger charge is 2.26. The van der Waals surface area contributed by atoms with Crippen molar-refractivity contribution < 1.29 is 8.42 Å². The topological polar surface area (TPSA) is 49.4 Å². The first-order chi connectivity index (χ1) is 8.50. The Morgan fingerprint density at radius 3 is 2.83 bits per heavy atom. The quantitative estimate of drug-likeness (QED) is 0.832. The zero-order chi connectivity index (χ0) is 13.2. The average Bonchev–Trinajstić information content (AvgIpc) is 2.98. The predicted octanol–water partition coefficient (Wildman–Crippen LogP) is 1.82. The van der Waals surface area contributed by atoms with Crippen LogP contribution in [0.2, 0.25) is 0 Å². The number of hydrogen-bond acceptors (Lipinski definition) is 4. The van der Waals surface area contributed by atoms with Gasteiger partial charge in [0, 0.05) is 24.5 Å². The van der Waals surface area contributed by atoms with Crippen molar-refractivity contribution in [2.75, 3.05) is 19.3 Å². The second-order valence-corrected chi connectivity index (χ2v) is 7.88. The summed E-state index contributed by atoms with van der Waals surface area (Å²) in [5, 5.41) is 5.21. The molecule has 1 atom stereocenters. The SMILES string of the molecule is CC(c1cccs1)N(C)S(=O)(=O)CCNC1CC1. The third-order valence-corrected chi connectivity index (χ3v) is 6.27. The Kier molecular flexibility index (Phi) is 4.42. The third kappa shape index (κ3) is 3.54. The van der Waals surface area contributed by atoms with Crippen LogP contribution in [-0.4, -0.2) is 38.1 Å². The van der Waals surface area contributed by atoms with E-state index in [1.807, 2.05) is 24.4 Å². The Balaban J connectivity index is 1.90. The minimum atomic E-state index is -3.18. The summed E-state index contributed by atoms with van der Waals surface area (Å²) < 4.78 is 25.8. The van der Waals surface area contributed by atoms with E-state index in [4.69, 9.17) is 0 Å². The molecule has 4 nitrogen and oxygen atoms in total. The summed E-state index contributed by atoms with van der Waals surface area (Å²) in [4.78, 5) is 1.08. The van der Waals surface area contributed by atoms with Crippen LogP contribution in [0.1, 0.15) is 30.7 Å². The zero-order valence-corrected chi connectivity index (χ0v) is 12.4. The van der Waals surface area contributed by atoms with Crippen molar-refractivity contribution in [3.05, 3.63) is 22.4 Å². The van der Waals surface area contributed by atoms with Gasteiger partial charge in [-0.1, -0.05) is 6.07 Å². The van der Waals surface area contributed by atoms with Crippen LogP contribution in [0.3, 0.4) is 0 Å². The maximum atomic E-state index is 12.2. The highest BCUT2D eigenvalue weighted by Crippen LogP contribution is 2.25. The van der Waals surface area contributed by atoms with Crippen molar-refractivity contribution in [3.63, 3.8) is 0 Å². The van der Waals surface area contributed by atoms with Gasteiger partial charge in [-0.25, -0.2) is 8.42 Å². The van der Waals surface area contributed by atoms with Crippen molar-refractivity contribution in [1.29, 1.82) is 0 Å². The second kappa shape index (κ2) is 5.69. The van der Waals surface area contributed by atoms with Gasteiger partial charge in [0.05, 0.1) is 11.8 Å². The minimum absolute atomic E-state index is 0.0871. The van der Waals surface area contributed by atoms with Crippen LogP contribution in [0.5, 0.6) is 0 Å². The molecule has 1 aromatic rings. The number of rotatable bonds is 7. The van der Waals surface area contributed by atoms with Crippen LogP contribution in [0.25, 0.3) is 0 Å². The van der Waals surface area contributed by atoms with Crippen LogP contribution in [0.15, 0.2) is 17.5 Å². The predicted molar refractivity (Wildman–Crippen MR) is 75.3 cm³/mol. The summed E-state index contributed by atoms with van der Waals surface area (Å²) in [5.74, 6) is 0.176. The van der Waals surface area contributed by atoms with Crippen molar-refractivity contribution in [2.24, 2.45) is 0 Å². The minimum Gasteiger partial charge on any atom is -0.313 e. The summed E-state index contributed by atoms with van der Waals surface area (Å²) >= 11 is 1.59. The average molecular weight is 288 g/mol. The smallest absolute Gasteiger partial charge is 0.215 e. The zero-order valence-electron chi connectivity index (χ0n) is 10.8. The van der Waals surface area contributed by atoms with E-state index < -0.39 is 10.0 Å². The molecule has 1 N–H and O–H groups in total. The molecule has 0 amide bonds. The van der Waals surface area contributed by atoms with Gasteiger partial charge in [0.15, 0.2) is 0 Å². The molecule has 1 aromatic heterocycles. The van der Waals surface area contributed by atoms with E-state index in [-0.39, 0.29) is 11.8 Å². The molecule has 0 bridgehead atoms. The number of thiophene rings is 1. The normalized spacial score (nSPS) is 18.2. The van der Waals surface area contributed by atoms with Crippen molar-refractivity contribution in [2.45, 2.75) is 31.8 Å². The molecule has 1 aliphatic rings. The van der Waals surface area contributed by atoms with E-state index in [1.165, 1.54) is 17.1 Å². The monoisotopic (exact) mass is 288 g/mol. The molecular formula is C12H20N2O2S2. The number of sulfonamides is 1. The molecule has 1 saturated carbocycles. The molecule has 18 heavy (non-hydrogen) atoms. The molecule has 0 radical (unpaired) electrons. The number of nitrogens with zero attached hydrogens (tertiary/aromatic N) is 1. The van der Waals surface area contributed by atoms with Crippen LogP contribution < -0.4 is 5.32 Å². The van der Waals surface area contributed by atoms with Crippen LogP contribution in [0, 0.1) is 0 Å². The van der Waals surface area contributed by atoms with Crippen molar-refractivity contribution in [3.8, 4) is 0 Å². The van der Waals surface area contributed by atoms with Gasteiger partial charge in [-0.05, 0) is 31.2 Å². The molecule has 1 unspecified atom stereocenters. The summed E-state index contributed by atoms with van der Waals surface area (Å²) in [7, 11) is -1.51. The number of nitrogens with one attached hydrogen (secondary N) is 1. The Hall–Kier alpha value is -0.430. The molecule has 1 aliphatic carbocycles. The van der Waals surface area contributed by atoms with E-state index in [9.17, 15) is 8.42 Å². The summed E-state index contributed by atoms with van der Waals surface area (Å²) in [5.41, 5.74) is 0. The van der Waals surface area contributed by atoms with Gasteiger partial charge in [0.2, 0.25) is 10.0 Å². The fourth-order valence-electron chi connectivity index (χ4n) is 1.77. The summed E-state index contributed by atoms with van der Waals surface area (Å²) in [6.45, 7) is 2.48. The lowest BCUT2D eigenvalue weighted by atomic mass is 10.3. The first-order valence-corrected chi connectivity index (χ1v) is 8.72. The molecule has 0 aliphatic heterocycles. The molecule has 102 valence electrons. The molecule has 0 spiro atoms. The van der Waals surface area contributed by atoms with Gasteiger partial charge < -0.3 is 5.32 Å². The van der Waals surface area contributed by atoms with Crippen molar-refractivity contribution >= 4 is 21.4 Å². The lowest BCUT2D eigenvalue weighted by Gasteiger charge is -2.23. The fraction of sp³-hybridized carbons (Fsp3) is 0.667. The van der Waals surface area contributed by atoms with Crippen LogP contribution >= 0.6 is 11.3 Å². The molecule has 0 aromatic carbocycles. The van der Waals surface area contributed by atoms with Crippen molar-refractivity contribution in [1.82, 2.24) is 9.62 Å². The van der Waals surface area contributed by atoms with Crippen LogP contribution in [-0.2, 0) is 10.0 Å². The van der Waals surface area contributed by atoms with E-state index in [0.717, 1.165) is 4.88 Å². The van der Waals surface area contributed by atoms with Gasteiger partial charge in [-0.15, -0.1) is 11.3 Å². The maximum Gasteiger partial charge on any atom is 0.215 e. The highest BCUT2D eigenvalue weighted by molar-refractivity contribution is 7.89.